The van der Waals surface area contributed by atoms with Gasteiger partial charge in [0, 0.05) is 30.6 Å². The first-order valence-electron chi connectivity index (χ1n) is 9.74. The standard InChI is InChI=1S/C24H25N3O2/c1-6-27-22-10-8-17(12-20(22)19(15(2)3)13-23(27)28)24(29)26(5)21-9-7-16(4)11-18(21)14-25/h7-13,15H,6H2,1-5H3. The van der Waals surface area contributed by atoms with Crippen LogP contribution in [-0.2, 0) is 6.54 Å². The van der Waals surface area contributed by atoms with E-state index in [1.807, 2.05) is 45.9 Å². The molecule has 1 heterocycles. The van der Waals surface area contributed by atoms with Gasteiger partial charge in [-0.15, -0.1) is 0 Å². The number of amides is 1. The SMILES string of the molecule is CCn1c(=O)cc(C(C)C)c2cc(C(=O)N(C)c3ccc(C)cc3C#N)ccc21. The van der Waals surface area contributed by atoms with Gasteiger partial charge in [0.15, 0.2) is 0 Å². The lowest BCUT2D eigenvalue weighted by atomic mass is 9.97. The van der Waals surface area contributed by atoms with Crippen LogP contribution >= 0.6 is 0 Å². The van der Waals surface area contributed by atoms with Gasteiger partial charge in [0.2, 0.25) is 0 Å². The number of carbonyl (C=O) groups is 1. The highest BCUT2D eigenvalue weighted by molar-refractivity contribution is 6.08. The number of pyridine rings is 1. The molecule has 5 nitrogen and oxygen atoms in total. The second-order valence-corrected chi connectivity index (χ2v) is 7.57. The van der Waals surface area contributed by atoms with Crippen LogP contribution in [-0.4, -0.2) is 17.5 Å². The van der Waals surface area contributed by atoms with Crippen molar-refractivity contribution in [3.63, 3.8) is 0 Å². The van der Waals surface area contributed by atoms with Gasteiger partial charge in [0.25, 0.3) is 11.5 Å². The molecule has 29 heavy (non-hydrogen) atoms. The molecular formula is C24H25N3O2. The Morgan fingerprint density at radius 2 is 1.90 bits per heavy atom. The van der Waals surface area contributed by atoms with Crippen molar-refractivity contribution in [2.75, 3.05) is 11.9 Å². The Hall–Kier alpha value is -3.39. The van der Waals surface area contributed by atoms with E-state index in [1.165, 1.54) is 4.90 Å². The molecule has 148 valence electrons. The highest BCUT2D eigenvalue weighted by Gasteiger charge is 2.19. The Kier molecular flexibility index (Phi) is 5.56. The minimum Gasteiger partial charge on any atom is -0.310 e. The molecule has 2 aromatic carbocycles. The Labute approximate surface area is 170 Å². The molecule has 0 saturated heterocycles. The maximum Gasteiger partial charge on any atom is 0.258 e. The molecule has 0 bridgehead atoms. The van der Waals surface area contributed by atoms with Crippen LogP contribution in [0.4, 0.5) is 5.69 Å². The Morgan fingerprint density at radius 1 is 1.17 bits per heavy atom. The monoisotopic (exact) mass is 387 g/mol. The maximum absolute atomic E-state index is 13.2. The number of nitriles is 1. The number of anilines is 1. The summed E-state index contributed by atoms with van der Waals surface area (Å²) >= 11 is 0. The molecule has 0 atom stereocenters. The van der Waals surface area contributed by atoms with Crippen LogP contribution in [0.5, 0.6) is 0 Å². The minimum atomic E-state index is -0.198. The molecule has 3 aromatic rings. The average molecular weight is 387 g/mol. The lowest BCUT2D eigenvalue weighted by Crippen LogP contribution is -2.27. The van der Waals surface area contributed by atoms with Crippen molar-refractivity contribution in [3.05, 3.63) is 75.1 Å². The lowest BCUT2D eigenvalue weighted by molar-refractivity contribution is 0.0993. The molecule has 0 spiro atoms. The van der Waals surface area contributed by atoms with E-state index < -0.39 is 0 Å². The van der Waals surface area contributed by atoms with Crippen LogP contribution in [0.2, 0.25) is 0 Å². The van der Waals surface area contributed by atoms with Crippen LogP contribution in [0.3, 0.4) is 0 Å². The number of hydrogen-bond donors (Lipinski definition) is 0. The van der Waals surface area contributed by atoms with E-state index >= 15 is 0 Å². The van der Waals surface area contributed by atoms with Gasteiger partial charge in [-0.2, -0.15) is 5.26 Å². The number of hydrogen-bond acceptors (Lipinski definition) is 3. The van der Waals surface area contributed by atoms with E-state index in [0.717, 1.165) is 22.0 Å². The van der Waals surface area contributed by atoms with Crippen molar-refractivity contribution in [2.45, 2.75) is 40.2 Å². The van der Waals surface area contributed by atoms with Gasteiger partial charge in [-0.3, -0.25) is 9.59 Å². The summed E-state index contributed by atoms with van der Waals surface area (Å²) in [6.07, 6.45) is 0. The third-order valence-corrected chi connectivity index (χ3v) is 5.27. The fourth-order valence-corrected chi connectivity index (χ4v) is 3.68. The zero-order valence-corrected chi connectivity index (χ0v) is 17.5. The van der Waals surface area contributed by atoms with Crippen LogP contribution < -0.4 is 10.5 Å². The van der Waals surface area contributed by atoms with E-state index in [9.17, 15) is 14.9 Å². The first-order valence-corrected chi connectivity index (χ1v) is 9.74. The molecule has 0 aliphatic carbocycles. The van der Waals surface area contributed by atoms with Gasteiger partial charge in [-0.05, 0) is 61.2 Å². The van der Waals surface area contributed by atoms with Crippen molar-refractivity contribution in [3.8, 4) is 6.07 Å². The zero-order chi connectivity index (χ0) is 21.3. The molecule has 0 saturated carbocycles. The number of aromatic nitrogens is 1. The third-order valence-electron chi connectivity index (χ3n) is 5.27. The van der Waals surface area contributed by atoms with E-state index in [0.29, 0.717) is 23.4 Å². The number of fused-ring (bicyclic) bond motifs is 1. The number of benzene rings is 2. The first-order chi connectivity index (χ1) is 13.8. The first kappa shape index (κ1) is 20.3. The smallest absolute Gasteiger partial charge is 0.258 e. The molecule has 0 aliphatic heterocycles. The zero-order valence-electron chi connectivity index (χ0n) is 17.5. The molecule has 0 fully saturated rings. The van der Waals surface area contributed by atoms with Crippen molar-refractivity contribution in [1.29, 1.82) is 5.26 Å². The molecule has 5 heteroatoms. The summed E-state index contributed by atoms with van der Waals surface area (Å²) in [6.45, 7) is 8.49. The summed E-state index contributed by atoms with van der Waals surface area (Å²) < 4.78 is 1.72. The van der Waals surface area contributed by atoms with Crippen LogP contribution in [0.1, 0.15) is 53.7 Å². The maximum atomic E-state index is 13.2. The number of rotatable bonds is 4. The van der Waals surface area contributed by atoms with E-state index in [2.05, 4.69) is 6.07 Å². The summed E-state index contributed by atoms with van der Waals surface area (Å²) in [6, 6.07) is 14.7. The van der Waals surface area contributed by atoms with Crippen molar-refractivity contribution >= 4 is 22.5 Å². The van der Waals surface area contributed by atoms with Crippen molar-refractivity contribution in [2.24, 2.45) is 0 Å². The molecular weight excluding hydrogens is 362 g/mol. The summed E-state index contributed by atoms with van der Waals surface area (Å²) in [4.78, 5) is 27.2. The van der Waals surface area contributed by atoms with Crippen LogP contribution in [0.15, 0.2) is 47.3 Å². The predicted octanol–water partition coefficient (Wildman–Crippen LogP) is 4.60. The summed E-state index contributed by atoms with van der Waals surface area (Å²) in [7, 11) is 1.67. The largest absolute Gasteiger partial charge is 0.310 e. The van der Waals surface area contributed by atoms with Crippen LogP contribution in [0.25, 0.3) is 10.9 Å². The van der Waals surface area contributed by atoms with E-state index in [1.54, 1.807) is 35.9 Å². The van der Waals surface area contributed by atoms with Gasteiger partial charge < -0.3 is 9.47 Å². The normalized spacial score (nSPS) is 10.9. The van der Waals surface area contributed by atoms with Gasteiger partial charge in [-0.1, -0.05) is 19.9 Å². The predicted molar refractivity (Wildman–Crippen MR) is 117 cm³/mol. The van der Waals surface area contributed by atoms with Crippen molar-refractivity contribution in [1.82, 2.24) is 4.57 Å². The molecule has 1 amide bonds. The molecule has 0 radical (unpaired) electrons. The Balaban J connectivity index is 2.14. The van der Waals surface area contributed by atoms with Gasteiger partial charge in [0.05, 0.1) is 16.8 Å². The lowest BCUT2D eigenvalue weighted by Gasteiger charge is -2.20. The fourth-order valence-electron chi connectivity index (χ4n) is 3.68. The van der Waals surface area contributed by atoms with Crippen molar-refractivity contribution < 1.29 is 4.79 Å². The molecule has 0 aliphatic rings. The third kappa shape index (κ3) is 3.66. The quantitative estimate of drug-likeness (QED) is 0.657. The molecule has 0 unspecified atom stereocenters. The van der Waals surface area contributed by atoms with Crippen LogP contribution in [0, 0.1) is 18.3 Å². The van der Waals surface area contributed by atoms with Gasteiger partial charge >= 0.3 is 0 Å². The molecule has 0 N–H and O–H groups in total. The van der Waals surface area contributed by atoms with Gasteiger partial charge in [-0.25, -0.2) is 0 Å². The second kappa shape index (κ2) is 7.92. The Bertz CT molecular complexity index is 1200. The fraction of sp³-hybridized carbons (Fsp3) is 0.292. The number of aryl methyl sites for hydroxylation is 2. The van der Waals surface area contributed by atoms with Gasteiger partial charge in [0.1, 0.15) is 6.07 Å². The summed E-state index contributed by atoms with van der Waals surface area (Å²) in [5.74, 6) is -0.0433. The summed E-state index contributed by atoms with van der Waals surface area (Å²) in [5, 5.41) is 10.4. The Morgan fingerprint density at radius 3 is 2.52 bits per heavy atom. The molecule has 1 aromatic heterocycles. The number of nitrogens with zero attached hydrogens (tertiary/aromatic N) is 3. The average Bonchev–Trinajstić information content (AvgIpc) is 2.71. The molecule has 3 rings (SSSR count). The highest BCUT2D eigenvalue weighted by atomic mass is 16.2. The van der Waals surface area contributed by atoms with E-state index in [4.69, 9.17) is 0 Å². The minimum absolute atomic E-state index is 0.0294. The topological polar surface area (TPSA) is 66.1 Å². The second-order valence-electron chi connectivity index (χ2n) is 7.57. The van der Waals surface area contributed by atoms with E-state index in [-0.39, 0.29) is 17.4 Å². The summed E-state index contributed by atoms with van der Waals surface area (Å²) in [5.41, 5.74) is 4.26. The number of carbonyl (C=O) groups excluding carboxylic acids is 1. The highest BCUT2D eigenvalue weighted by Crippen LogP contribution is 2.27.